The average Bonchev–Trinajstić information content (AvgIpc) is 2.76. The van der Waals surface area contributed by atoms with Crippen LogP contribution in [0.15, 0.2) is 55.1 Å². The Labute approximate surface area is 187 Å². The molecule has 0 saturated carbocycles. The molecule has 170 valence electrons. The molecular formula is C22H25N3O6S. The molecule has 0 saturated heterocycles. The summed E-state index contributed by atoms with van der Waals surface area (Å²) in [6.45, 7) is 6.03. The smallest absolute Gasteiger partial charge is 0.253 e. The average molecular weight is 460 g/mol. The maximum absolute atomic E-state index is 13.0. The van der Waals surface area contributed by atoms with Gasteiger partial charge in [0.15, 0.2) is 11.5 Å². The summed E-state index contributed by atoms with van der Waals surface area (Å²) in [5.74, 6) is -0.0844. The van der Waals surface area contributed by atoms with Gasteiger partial charge in [-0.15, -0.1) is 6.58 Å². The third-order valence-corrected chi connectivity index (χ3v) is 5.95. The van der Waals surface area contributed by atoms with Crippen molar-refractivity contribution in [2.24, 2.45) is 0 Å². The minimum Gasteiger partial charge on any atom is -0.486 e. The first kappa shape index (κ1) is 23.1. The van der Waals surface area contributed by atoms with Gasteiger partial charge in [0.2, 0.25) is 15.9 Å². The molecule has 9 nitrogen and oxygen atoms in total. The fourth-order valence-electron chi connectivity index (χ4n) is 3.27. The number of amides is 2. The number of rotatable bonds is 8. The number of sulfonamides is 1. The summed E-state index contributed by atoms with van der Waals surface area (Å²) >= 11 is 0. The molecular weight excluding hydrogens is 434 g/mol. The molecule has 0 fully saturated rings. The highest BCUT2D eigenvalue weighted by molar-refractivity contribution is 7.92. The number of hydrogen-bond acceptors (Lipinski definition) is 6. The quantitative estimate of drug-likeness (QED) is 0.585. The standard InChI is InChI=1S/C22H25N3O6S/c1-4-11-23-22(27)17-7-5-6-8-18(17)24-21(26)15(2)25(32(3,28)29)16-9-10-19-20(14-16)31-13-12-30-19/h4-10,14-15H,1,11-13H2,2-3H3,(H,23,27)(H,24,26)/t15-/m0/s1. The Morgan fingerprint density at radius 2 is 1.84 bits per heavy atom. The van der Waals surface area contributed by atoms with Gasteiger partial charge in [0.05, 0.1) is 23.2 Å². The molecule has 2 aromatic carbocycles. The number of nitrogens with zero attached hydrogens (tertiary/aromatic N) is 1. The van der Waals surface area contributed by atoms with Crippen LogP contribution in [0, 0.1) is 0 Å². The largest absolute Gasteiger partial charge is 0.486 e. The minimum absolute atomic E-state index is 0.250. The van der Waals surface area contributed by atoms with E-state index in [2.05, 4.69) is 17.2 Å². The minimum atomic E-state index is -3.83. The van der Waals surface area contributed by atoms with E-state index >= 15 is 0 Å². The van der Waals surface area contributed by atoms with E-state index in [9.17, 15) is 18.0 Å². The van der Waals surface area contributed by atoms with Crippen LogP contribution in [-0.2, 0) is 14.8 Å². The molecule has 1 aliphatic rings. The maximum Gasteiger partial charge on any atom is 0.253 e. The Hall–Kier alpha value is -3.53. The van der Waals surface area contributed by atoms with Crippen LogP contribution < -0.4 is 24.4 Å². The number of carbonyl (C=O) groups is 2. The molecule has 0 spiro atoms. The third-order valence-electron chi connectivity index (χ3n) is 4.71. The molecule has 1 aliphatic heterocycles. The second-order valence-electron chi connectivity index (χ2n) is 7.10. The van der Waals surface area contributed by atoms with Crippen molar-refractivity contribution in [3.63, 3.8) is 0 Å². The molecule has 2 amide bonds. The molecule has 10 heteroatoms. The zero-order valence-electron chi connectivity index (χ0n) is 17.8. The van der Waals surface area contributed by atoms with Crippen LogP contribution in [0.5, 0.6) is 11.5 Å². The second kappa shape index (κ2) is 9.73. The lowest BCUT2D eigenvalue weighted by molar-refractivity contribution is -0.116. The fourth-order valence-corrected chi connectivity index (χ4v) is 4.43. The predicted octanol–water partition coefficient (Wildman–Crippen LogP) is 2.17. The van der Waals surface area contributed by atoms with Crippen molar-refractivity contribution in [2.45, 2.75) is 13.0 Å². The first-order valence-electron chi connectivity index (χ1n) is 9.90. The van der Waals surface area contributed by atoms with Gasteiger partial charge in [-0.1, -0.05) is 18.2 Å². The summed E-state index contributed by atoms with van der Waals surface area (Å²) in [6.07, 6.45) is 2.56. The Morgan fingerprint density at radius 3 is 2.53 bits per heavy atom. The number of anilines is 2. The van der Waals surface area contributed by atoms with Gasteiger partial charge in [0.1, 0.15) is 19.3 Å². The van der Waals surface area contributed by atoms with Crippen molar-refractivity contribution in [1.29, 1.82) is 0 Å². The van der Waals surface area contributed by atoms with Gasteiger partial charge in [-0.2, -0.15) is 0 Å². The van der Waals surface area contributed by atoms with Gasteiger partial charge >= 0.3 is 0 Å². The molecule has 1 atom stereocenters. The molecule has 2 N–H and O–H groups in total. The Kier molecular flexibility index (Phi) is 7.04. The topological polar surface area (TPSA) is 114 Å². The highest BCUT2D eigenvalue weighted by atomic mass is 32.2. The summed E-state index contributed by atoms with van der Waals surface area (Å²) < 4.78 is 37.2. The normalized spacial score (nSPS) is 13.6. The number of hydrogen-bond donors (Lipinski definition) is 2. The first-order valence-corrected chi connectivity index (χ1v) is 11.7. The van der Waals surface area contributed by atoms with Crippen molar-refractivity contribution in [3.05, 3.63) is 60.7 Å². The molecule has 0 bridgehead atoms. The van der Waals surface area contributed by atoms with Gasteiger partial charge < -0.3 is 20.1 Å². The lowest BCUT2D eigenvalue weighted by Crippen LogP contribution is -2.45. The predicted molar refractivity (Wildman–Crippen MR) is 122 cm³/mol. The Bertz CT molecular complexity index is 1130. The Morgan fingerprint density at radius 1 is 1.16 bits per heavy atom. The van der Waals surface area contributed by atoms with E-state index < -0.39 is 22.0 Å². The van der Waals surface area contributed by atoms with E-state index in [1.165, 1.54) is 13.0 Å². The van der Waals surface area contributed by atoms with Gasteiger partial charge in [-0.3, -0.25) is 13.9 Å². The van der Waals surface area contributed by atoms with Crippen molar-refractivity contribution in [1.82, 2.24) is 5.32 Å². The molecule has 0 unspecified atom stereocenters. The van der Waals surface area contributed by atoms with Crippen LogP contribution >= 0.6 is 0 Å². The fraction of sp³-hybridized carbons (Fsp3) is 0.273. The summed E-state index contributed by atoms with van der Waals surface area (Å²) in [6, 6.07) is 10.0. The number of benzene rings is 2. The van der Waals surface area contributed by atoms with Crippen LogP contribution in [0.2, 0.25) is 0 Å². The molecule has 0 aromatic heterocycles. The highest BCUT2D eigenvalue weighted by Crippen LogP contribution is 2.35. The van der Waals surface area contributed by atoms with Crippen LogP contribution in [0.3, 0.4) is 0 Å². The van der Waals surface area contributed by atoms with E-state index in [1.54, 1.807) is 42.5 Å². The van der Waals surface area contributed by atoms with E-state index in [-0.39, 0.29) is 29.4 Å². The number of fused-ring (bicyclic) bond motifs is 1. The molecule has 1 heterocycles. The van der Waals surface area contributed by atoms with E-state index in [0.29, 0.717) is 24.7 Å². The Balaban J connectivity index is 1.87. The van der Waals surface area contributed by atoms with Gasteiger partial charge in [0.25, 0.3) is 5.91 Å². The monoisotopic (exact) mass is 459 g/mol. The van der Waals surface area contributed by atoms with E-state index in [0.717, 1.165) is 10.6 Å². The molecule has 32 heavy (non-hydrogen) atoms. The third kappa shape index (κ3) is 5.20. The van der Waals surface area contributed by atoms with Crippen LogP contribution in [0.1, 0.15) is 17.3 Å². The number of para-hydroxylation sites is 1. The SMILES string of the molecule is C=CCNC(=O)c1ccccc1NC(=O)[C@H](C)N(c1ccc2c(c1)OCCO2)S(C)(=O)=O. The van der Waals surface area contributed by atoms with Crippen molar-refractivity contribution in [2.75, 3.05) is 35.6 Å². The molecule has 0 radical (unpaired) electrons. The van der Waals surface area contributed by atoms with Gasteiger partial charge in [0, 0.05) is 12.6 Å². The van der Waals surface area contributed by atoms with Gasteiger partial charge in [-0.05, 0) is 31.2 Å². The lowest BCUT2D eigenvalue weighted by atomic mass is 10.1. The van der Waals surface area contributed by atoms with E-state index in [1.807, 2.05) is 0 Å². The van der Waals surface area contributed by atoms with Crippen molar-refractivity contribution < 1.29 is 27.5 Å². The lowest BCUT2D eigenvalue weighted by Gasteiger charge is -2.29. The zero-order valence-corrected chi connectivity index (χ0v) is 18.6. The van der Waals surface area contributed by atoms with Crippen LogP contribution in [0.4, 0.5) is 11.4 Å². The highest BCUT2D eigenvalue weighted by Gasteiger charge is 2.31. The molecule has 0 aliphatic carbocycles. The molecule has 3 rings (SSSR count). The zero-order chi connectivity index (χ0) is 23.3. The van der Waals surface area contributed by atoms with Crippen LogP contribution in [-0.4, -0.2) is 52.3 Å². The number of nitrogens with one attached hydrogen (secondary N) is 2. The summed E-state index contributed by atoms with van der Waals surface area (Å²) in [4.78, 5) is 25.4. The second-order valence-corrected chi connectivity index (χ2v) is 8.96. The number of carbonyl (C=O) groups excluding carboxylic acids is 2. The van der Waals surface area contributed by atoms with Crippen molar-refractivity contribution >= 4 is 33.2 Å². The summed E-state index contributed by atoms with van der Waals surface area (Å²) in [5, 5.41) is 5.32. The van der Waals surface area contributed by atoms with E-state index in [4.69, 9.17) is 9.47 Å². The summed E-state index contributed by atoms with van der Waals surface area (Å²) in [7, 11) is -3.83. The molecule has 2 aromatic rings. The maximum atomic E-state index is 13.0. The van der Waals surface area contributed by atoms with Gasteiger partial charge in [-0.25, -0.2) is 8.42 Å². The van der Waals surface area contributed by atoms with Crippen LogP contribution in [0.25, 0.3) is 0 Å². The number of ether oxygens (including phenoxy) is 2. The van der Waals surface area contributed by atoms with Crippen molar-refractivity contribution in [3.8, 4) is 11.5 Å². The summed E-state index contributed by atoms with van der Waals surface area (Å²) in [5.41, 5.74) is 0.776. The first-order chi connectivity index (χ1) is 15.2.